The molecule has 0 aliphatic carbocycles. The van der Waals surface area contributed by atoms with Crippen LogP contribution in [0.1, 0.15) is 13.8 Å². The number of benzene rings is 1. The Morgan fingerprint density at radius 2 is 1.86 bits per heavy atom. The van der Waals surface area contributed by atoms with Crippen LogP contribution in [0.2, 0.25) is 0 Å². The lowest BCUT2D eigenvalue weighted by atomic mass is 10.3. The van der Waals surface area contributed by atoms with Crippen molar-refractivity contribution in [3.8, 4) is 11.5 Å². The van der Waals surface area contributed by atoms with Crippen molar-refractivity contribution in [1.29, 1.82) is 0 Å². The Hall–Kier alpha value is -2.52. The van der Waals surface area contributed by atoms with Crippen molar-refractivity contribution in [1.82, 2.24) is 9.88 Å². The van der Waals surface area contributed by atoms with Gasteiger partial charge in [-0.25, -0.2) is 4.98 Å². The van der Waals surface area contributed by atoms with Crippen LogP contribution in [0.15, 0.2) is 24.2 Å². The van der Waals surface area contributed by atoms with Gasteiger partial charge in [0.05, 0.1) is 24.4 Å². The van der Waals surface area contributed by atoms with Gasteiger partial charge < -0.3 is 23.8 Å². The van der Waals surface area contributed by atoms with Crippen LogP contribution in [0.3, 0.4) is 0 Å². The molecule has 0 unspecified atom stereocenters. The topological polar surface area (TPSA) is 73.4 Å². The van der Waals surface area contributed by atoms with E-state index in [1.807, 2.05) is 12.1 Å². The van der Waals surface area contributed by atoms with Crippen molar-refractivity contribution < 1.29 is 23.7 Å². The zero-order valence-corrected chi connectivity index (χ0v) is 18.1. The lowest BCUT2D eigenvalue weighted by molar-refractivity contribution is -0.119. The van der Waals surface area contributed by atoms with Gasteiger partial charge in [-0.05, 0) is 13.1 Å². The van der Waals surface area contributed by atoms with E-state index in [4.69, 9.17) is 18.9 Å². The van der Waals surface area contributed by atoms with Crippen LogP contribution in [0, 0.1) is 0 Å². The first-order chi connectivity index (χ1) is 14.1. The first-order valence-corrected chi connectivity index (χ1v) is 10.4. The summed E-state index contributed by atoms with van der Waals surface area (Å²) in [7, 11) is 3.18. The summed E-state index contributed by atoms with van der Waals surface area (Å²) in [6.45, 7) is 8.06. The maximum atomic E-state index is 13.2. The largest absolute Gasteiger partial charge is 0.494 e. The number of hydrogen-bond donors (Lipinski definition) is 0. The summed E-state index contributed by atoms with van der Waals surface area (Å²) in [6, 6.07) is 3.70. The van der Waals surface area contributed by atoms with E-state index in [9.17, 15) is 4.79 Å². The Labute approximate surface area is 174 Å². The van der Waals surface area contributed by atoms with Crippen molar-refractivity contribution in [2.24, 2.45) is 0 Å². The molecule has 9 heteroatoms. The molecule has 29 heavy (non-hydrogen) atoms. The van der Waals surface area contributed by atoms with Gasteiger partial charge in [-0.3, -0.25) is 9.69 Å². The zero-order valence-electron chi connectivity index (χ0n) is 17.3. The average molecular weight is 422 g/mol. The van der Waals surface area contributed by atoms with E-state index in [0.29, 0.717) is 36.4 Å². The highest BCUT2D eigenvalue weighted by Crippen LogP contribution is 2.37. The fraction of sp³-hybridized carbons (Fsp3) is 0.500. The minimum atomic E-state index is -0.255. The van der Waals surface area contributed by atoms with Gasteiger partial charge >= 0.3 is 0 Å². The highest BCUT2D eigenvalue weighted by atomic mass is 32.1. The molecule has 1 aliphatic heterocycles. The maximum absolute atomic E-state index is 13.2. The molecule has 0 atom stereocenters. The van der Waals surface area contributed by atoms with E-state index >= 15 is 0 Å². The molecule has 0 saturated carbocycles. The normalized spacial score (nSPS) is 13.6. The summed E-state index contributed by atoms with van der Waals surface area (Å²) in [5.41, 5.74) is 0.748. The van der Waals surface area contributed by atoms with E-state index in [1.54, 1.807) is 19.1 Å². The summed E-state index contributed by atoms with van der Waals surface area (Å²) in [6.07, 6.45) is 1.38. The third-order valence-electron chi connectivity index (χ3n) is 4.75. The predicted molar refractivity (Wildman–Crippen MR) is 113 cm³/mol. The fourth-order valence-electron chi connectivity index (χ4n) is 3.04. The molecule has 0 saturated heterocycles. The standard InChI is InChI=1S/C20H27N3O5S/c1-5-22(6-2)7-8-23(19(24)17-13-27-9-10-28-17)20-21-14-11-15(25-3)16(26-4)12-18(14)29-20/h11-13H,5-10H2,1-4H3. The molecule has 1 aromatic heterocycles. The first kappa shape index (κ1) is 21.2. The molecule has 8 nitrogen and oxygen atoms in total. The van der Waals surface area contributed by atoms with Crippen LogP contribution >= 0.6 is 11.3 Å². The Kier molecular flexibility index (Phi) is 7.16. The van der Waals surface area contributed by atoms with Crippen LogP contribution in [0.5, 0.6) is 11.5 Å². The molecule has 2 heterocycles. The van der Waals surface area contributed by atoms with E-state index in [2.05, 4.69) is 23.7 Å². The molecular weight excluding hydrogens is 394 g/mol. The Bertz CT molecular complexity index is 837. The smallest absolute Gasteiger partial charge is 0.298 e. The lowest BCUT2D eigenvalue weighted by Gasteiger charge is -2.26. The molecule has 0 spiro atoms. The molecule has 0 fully saturated rings. The van der Waals surface area contributed by atoms with Crippen molar-refractivity contribution in [2.45, 2.75) is 13.8 Å². The molecule has 3 rings (SSSR count). The van der Waals surface area contributed by atoms with E-state index < -0.39 is 0 Å². The SMILES string of the molecule is CCN(CC)CCN(C(=O)C1=COCCO1)c1nc2cc(OC)c(OC)cc2s1. The number of anilines is 1. The van der Waals surface area contributed by atoms with Crippen LogP contribution in [-0.4, -0.2) is 69.4 Å². The number of rotatable bonds is 9. The van der Waals surface area contributed by atoms with Gasteiger partial charge in [0.2, 0.25) is 5.76 Å². The number of likely N-dealkylation sites (N-methyl/N-ethyl adjacent to an activating group) is 1. The third-order valence-corrected chi connectivity index (χ3v) is 5.79. The average Bonchev–Trinajstić information content (AvgIpc) is 3.18. The second-order valence-electron chi connectivity index (χ2n) is 6.36. The number of aromatic nitrogens is 1. The minimum absolute atomic E-state index is 0.199. The predicted octanol–water partition coefficient (Wildman–Crippen LogP) is 2.88. The van der Waals surface area contributed by atoms with Gasteiger partial charge in [0.15, 0.2) is 16.6 Å². The molecule has 1 aromatic carbocycles. The number of carbonyl (C=O) groups excluding carboxylic acids is 1. The quantitative estimate of drug-likeness (QED) is 0.616. The van der Waals surface area contributed by atoms with E-state index in [0.717, 1.165) is 29.9 Å². The number of fused-ring (bicyclic) bond motifs is 1. The molecular formula is C20H27N3O5S. The number of amides is 1. The van der Waals surface area contributed by atoms with Crippen molar-refractivity contribution in [2.75, 3.05) is 58.5 Å². The molecule has 0 N–H and O–H groups in total. The van der Waals surface area contributed by atoms with Crippen LogP contribution in [0.25, 0.3) is 10.2 Å². The molecule has 2 aromatic rings. The highest BCUT2D eigenvalue weighted by molar-refractivity contribution is 7.22. The minimum Gasteiger partial charge on any atom is -0.494 e. The molecule has 0 radical (unpaired) electrons. The van der Waals surface area contributed by atoms with Gasteiger partial charge in [-0.15, -0.1) is 0 Å². The van der Waals surface area contributed by atoms with Gasteiger partial charge in [0, 0.05) is 25.2 Å². The van der Waals surface area contributed by atoms with Gasteiger partial charge in [0.1, 0.15) is 19.5 Å². The lowest BCUT2D eigenvalue weighted by Crippen LogP contribution is -2.40. The number of nitrogens with zero attached hydrogens (tertiary/aromatic N) is 3. The summed E-state index contributed by atoms with van der Waals surface area (Å²) in [5.74, 6) is 1.17. The summed E-state index contributed by atoms with van der Waals surface area (Å²) in [4.78, 5) is 21.8. The summed E-state index contributed by atoms with van der Waals surface area (Å²) in [5, 5.41) is 0.600. The van der Waals surface area contributed by atoms with E-state index in [1.165, 1.54) is 17.6 Å². The van der Waals surface area contributed by atoms with Crippen LogP contribution in [0.4, 0.5) is 5.13 Å². The van der Waals surface area contributed by atoms with Crippen molar-refractivity contribution in [3.05, 3.63) is 24.2 Å². The first-order valence-electron chi connectivity index (χ1n) is 9.62. The van der Waals surface area contributed by atoms with Crippen molar-refractivity contribution >= 4 is 32.6 Å². The molecule has 1 amide bonds. The van der Waals surface area contributed by atoms with Crippen LogP contribution in [-0.2, 0) is 14.3 Å². The monoisotopic (exact) mass is 421 g/mol. The molecule has 1 aliphatic rings. The van der Waals surface area contributed by atoms with E-state index in [-0.39, 0.29) is 11.7 Å². The fourth-order valence-corrected chi connectivity index (χ4v) is 4.04. The molecule has 158 valence electrons. The van der Waals surface area contributed by atoms with Gasteiger partial charge in [0.25, 0.3) is 5.91 Å². The van der Waals surface area contributed by atoms with Gasteiger partial charge in [-0.2, -0.15) is 0 Å². The third kappa shape index (κ3) is 4.73. The summed E-state index contributed by atoms with van der Waals surface area (Å²) < 4.78 is 22.5. The number of thiazole rings is 1. The second kappa shape index (κ2) is 9.80. The van der Waals surface area contributed by atoms with Crippen molar-refractivity contribution in [3.63, 3.8) is 0 Å². The Morgan fingerprint density at radius 1 is 1.14 bits per heavy atom. The summed E-state index contributed by atoms with van der Waals surface area (Å²) >= 11 is 1.43. The highest BCUT2D eigenvalue weighted by Gasteiger charge is 2.27. The number of hydrogen-bond acceptors (Lipinski definition) is 8. The maximum Gasteiger partial charge on any atom is 0.298 e. The van der Waals surface area contributed by atoms with Crippen LogP contribution < -0.4 is 14.4 Å². The number of ether oxygens (including phenoxy) is 4. The van der Waals surface area contributed by atoms with Gasteiger partial charge in [-0.1, -0.05) is 25.2 Å². The Balaban J connectivity index is 1.95. The number of methoxy groups -OCH3 is 2. The molecule has 0 bridgehead atoms. The second-order valence-corrected chi connectivity index (χ2v) is 7.37. The Morgan fingerprint density at radius 3 is 2.48 bits per heavy atom. The zero-order chi connectivity index (χ0) is 20.8. The number of carbonyl (C=O) groups is 1.